The highest BCUT2D eigenvalue weighted by atomic mass is 16.5. The van der Waals surface area contributed by atoms with Crippen molar-refractivity contribution < 1.29 is 19.1 Å². The molecule has 1 saturated heterocycles. The van der Waals surface area contributed by atoms with Crippen molar-refractivity contribution in [2.75, 3.05) is 44.5 Å². The van der Waals surface area contributed by atoms with Gasteiger partial charge in [0.25, 0.3) is 5.91 Å². The van der Waals surface area contributed by atoms with Crippen LogP contribution in [0.3, 0.4) is 0 Å². The van der Waals surface area contributed by atoms with E-state index in [1.54, 1.807) is 28.9 Å². The summed E-state index contributed by atoms with van der Waals surface area (Å²) in [7, 11) is 3.02. The minimum absolute atomic E-state index is 0.0496. The molecule has 1 aliphatic heterocycles. The number of likely N-dealkylation sites (tertiary alicyclic amines) is 1. The van der Waals surface area contributed by atoms with E-state index < -0.39 is 0 Å². The molecular weight excluding hydrogens is 490 g/mol. The molecule has 2 amide bonds. The largest absolute Gasteiger partial charge is 0.453 e. The molecule has 2 N–H and O–H groups in total. The molecular formula is C25H29N9O4. The highest BCUT2D eigenvalue weighted by molar-refractivity contribution is 6.09. The first kappa shape index (κ1) is 25.1. The highest BCUT2D eigenvalue weighted by Crippen LogP contribution is 2.26. The van der Waals surface area contributed by atoms with Gasteiger partial charge in [-0.3, -0.25) is 4.79 Å². The van der Waals surface area contributed by atoms with Gasteiger partial charge in [0.05, 0.1) is 43.6 Å². The molecule has 1 fully saturated rings. The lowest BCUT2D eigenvalue weighted by molar-refractivity contribution is 0.0621. The number of aryl methyl sites for hydroxylation is 1. The molecule has 13 heteroatoms. The number of carbonyl (C=O) groups excluding carboxylic acids is 2. The van der Waals surface area contributed by atoms with Crippen molar-refractivity contribution in [3.63, 3.8) is 0 Å². The molecule has 13 nitrogen and oxygen atoms in total. The van der Waals surface area contributed by atoms with Gasteiger partial charge in [0.1, 0.15) is 6.04 Å². The van der Waals surface area contributed by atoms with Gasteiger partial charge in [-0.05, 0) is 42.8 Å². The number of benzene rings is 1. The summed E-state index contributed by atoms with van der Waals surface area (Å²) in [6.45, 7) is 5.44. The molecule has 5 rings (SSSR count). The maximum Gasteiger partial charge on any atom is 0.409 e. The van der Waals surface area contributed by atoms with Crippen LogP contribution in [-0.2, 0) is 9.47 Å². The Kier molecular flexibility index (Phi) is 6.92. The summed E-state index contributed by atoms with van der Waals surface area (Å²) in [6.07, 6.45) is 3.03. The molecule has 3 aromatic heterocycles. The first-order valence-corrected chi connectivity index (χ1v) is 12.1. The molecule has 0 saturated carbocycles. The first-order chi connectivity index (χ1) is 18.4. The number of fused-ring (bicyclic) bond motifs is 1. The summed E-state index contributed by atoms with van der Waals surface area (Å²) < 4.78 is 11.7. The van der Waals surface area contributed by atoms with E-state index in [1.165, 1.54) is 11.9 Å². The molecule has 0 unspecified atom stereocenters. The number of rotatable bonds is 8. The normalized spacial score (nSPS) is 14.3. The number of methoxy groups -OCH3 is 2. The molecule has 38 heavy (non-hydrogen) atoms. The lowest BCUT2D eigenvalue weighted by Gasteiger charge is -2.36. The third-order valence-electron chi connectivity index (χ3n) is 6.56. The van der Waals surface area contributed by atoms with Crippen LogP contribution in [-0.4, -0.2) is 86.7 Å². The van der Waals surface area contributed by atoms with Crippen molar-refractivity contribution in [1.82, 2.24) is 34.7 Å². The zero-order valence-electron chi connectivity index (χ0n) is 21.6. The van der Waals surface area contributed by atoms with Gasteiger partial charge in [-0.15, -0.1) is 10.2 Å². The number of ether oxygens (including phenoxy) is 2. The maximum absolute atomic E-state index is 13.3. The van der Waals surface area contributed by atoms with Gasteiger partial charge in [-0.2, -0.15) is 9.90 Å². The number of nitrogens with zero attached hydrogens (tertiary/aromatic N) is 7. The minimum Gasteiger partial charge on any atom is -0.453 e. The van der Waals surface area contributed by atoms with E-state index in [0.717, 1.165) is 11.3 Å². The van der Waals surface area contributed by atoms with Crippen LogP contribution in [0.25, 0.3) is 16.9 Å². The fourth-order valence-electron chi connectivity index (χ4n) is 4.07. The van der Waals surface area contributed by atoms with Crippen LogP contribution in [0, 0.1) is 6.92 Å². The van der Waals surface area contributed by atoms with Crippen molar-refractivity contribution in [2.24, 2.45) is 0 Å². The second-order valence-electron chi connectivity index (χ2n) is 9.18. The number of anilines is 2. The number of tetrazole rings is 1. The predicted octanol–water partition coefficient (Wildman–Crippen LogP) is 2.62. The second kappa shape index (κ2) is 10.5. The Morgan fingerprint density at radius 1 is 1.18 bits per heavy atom. The zero-order valence-corrected chi connectivity index (χ0v) is 21.6. The zero-order chi connectivity index (χ0) is 26.8. The Balaban J connectivity index is 1.31. The number of carbonyl (C=O) groups is 2. The van der Waals surface area contributed by atoms with Crippen molar-refractivity contribution in [3.05, 3.63) is 53.9 Å². The predicted molar refractivity (Wildman–Crippen MR) is 139 cm³/mol. The lowest BCUT2D eigenvalue weighted by atomic mass is 10.1. The van der Waals surface area contributed by atoms with Crippen LogP contribution in [0.1, 0.15) is 28.9 Å². The molecule has 4 heterocycles. The summed E-state index contributed by atoms with van der Waals surface area (Å²) in [4.78, 5) is 27.9. The van der Waals surface area contributed by atoms with Gasteiger partial charge in [0.2, 0.25) is 5.82 Å². The summed E-state index contributed by atoms with van der Waals surface area (Å²) in [5, 5.41) is 23.4. The van der Waals surface area contributed by atoms with Crippen molar-refractivity contribution in [2.45, 2.75) is 26.0 Å². The van der Waals surface area contributed by atoms with Crippen LogP contribution in [0.5, 0.6) is 0 Å². The van der Waals surface area contributed by atoms with E-state index in [9.17, 15) is 9.59 Å². The van der Waals surface area contributed by atoms with Crippen LogP contribution in [0.4, 0.5) is 16.2 Å². The molecule has 0 radical (unpaired) electrons. The minimum atomic E-state index is -0.375. The molecule has 0 bridgehead atoms. The Morgan fingerprint density at radius 3 is 2.76 bits per heavy atom. The Morgan fingerprint density at radius 2 is 2.00 bits per heavy atom. The molecule has 198 valence electrons. The summed E-state index contributed by atoms with van der Waals surface area (Å²) in [5.41, 5.74) is 4.21. The average Bonchev–Trinajstić information content (AvgIpc) is 3.55. The van der Waals surface area contributed by atoms with Crippen LogP contribution in [0.2, 0.25) is 0 Å². The average molecular weight is 520 g/mol. The van der Waals surface area contributed by atoms with E-state index in [2.05, 4.69) is 31.1 Å². The molecule has 4 aromatic rings. The molecule has 1 aliphatic rings. The van der Waals surface area contributed by atoms with E-state index in [4.69, 9.17) is 9.47 Å². The fourth-order valence-corrected chi connectivity index (χ4v) is 4.07. The van der Waals surface area contributed by atoms with Crippen LogP contribution < -0.4 is 10.6 Å². The third-order valence-corrected chi connectivity index (χ3v) is 6.56. The topological polar surface area (TPSA) is 141 Å². The fraction of sp³-hybridized carbons (Fsp3) is 0.360. The van der Waals surface area contributed by atoms with Gasteiger partial charge in [-0.1, -0.05) is 12.1 Å². The smallest absolute Gasteiger partial charge is 0.409 e. The summed E-state index contributed by atoms with van der Waals surface area (Å²) >= 11 is 0. The van der Waals surface area contributed by atoms with E-state index in [0.29, 0.717) is 47.8 Å². The summed E-state index contributed by atoms with van der Waals surface area (Å²) in [5.74, 6) is 0.144. The van der Waals surface area contributed by atoms with Crippen molar-refractivity contribution in [3.8, 4) is 11.4 Å². The highest BCUT2D eigenvalue weighted by Gasteiger charge is 2.34. The number of hydrogen-bond donors (Lipinski definition) is 2. The Hall–Kier alpha value is -4.52. The molecule has 1 atom stereocenters. The summed E-state index contributed by atoms with van der Waals surface area (Å²) in [6, 6.07) is 9.31. The Labute approximate surface area is 218 Å². The quantitative estimate of drug-likeness (QED) is 0.359. The number of nitrogens with one attached hydrogen (secondary N) is 2. The van der Waals surface area contributed by atoms with Gasteiger partial charge in [0, 0.05) is 36.8 Å². The van der Waals surface area contributed by atoms with E-state index in [-0.39, 0.29) is 24.1 Å². The van der Waals surface area contributed by atoms with Crippen LogP contribution >= 0.6 is 0 Å². The second-order valence-corrected chi connectivity index (χ2v) is 9.18. The number of pyridine rings is 1. The Bertz CT molecular complexity index is 1470. The maximum atomic E-state index is 13.3. The first-order valence-electron chi connectivity index (χ1n) is 12.1. The number of aromatic nitrogens is 6. The molecule has 0 spiro atoms. The third kappa shape index (κ3) is 5.00. The molecule has 1 aromatic carbocycles. The van der Waals surface area contributed by atoms with Gasteiger partial charge < -0.3 is 25.0 Å². The van der Waals surface area contributed by atoms with Gasteiger partial charge in [-0.25, -0.2) is 9.31 Å². The van der Waals surface area contributed by atoms with Crippen molar-refractivity contribution >= 4 is 28.9 Å². The standard InChI is InChI=1S/C25H29N9O4/c1-15-5-6-17(23-29-31-34(30-23)19-13-32(14-19)25(36)38-4)9-21(15)28-24(35)20-12-27-33-8-7-18(10-22(20)33)26-11-16(2)37-3/h5-10,12,16,19,26H,11,13-14H2,1-4H3,(H,28,35)/t16-/m0/s1. The SMILES string of the molecule is COC(=O)N1CC(n2nnc(-c3ccc(C)c(NC(=O)c4cnn5ccc(NC[C@H](C)OC)cc45)c3)n2)C1. The monoisotopic (exact) mass is 519 g/mol. The van der Waals surface area contributed by atoms with E-state index >= 15 is 0 Å². The molecule has 0 aliphatic carbocycles. The number of amides is 2. The van der Waals surface area contributed by atoms with E-state index in [1.807, 2.05) is 44.2 Å². The van der Waals surface area contributed by atoms with Gasteiger partial charge in [0.15, 0.2) is 0 Å². The van der Waals surface area contributed by atoms with Gasteiger partial charge >= 0.3 is 6.09 Å². The van der Waals surface area contributed by atoms with Crippen molar-refractivity contribution in [1.29, 1.82) is 0 Å². The number of hydrogen-bond acceptors (Lipinski definition) is 9. The lowest BCUT2D eigenvalue weighted by Crippen LogP contribution is -2.51. The van der Waals surface area contributed by atoms with Crippen LogP contribution in [0.15, 0.2) is 42.7 Å².